The van der Waals surface area contributed by atoms with Gasteiger partial charge in [0.25, 0.3) is 5.91 Å². The van der Waals surface area contributed by atoms with Crippen molar-refractivity contribution in [3.63, 3.8) is 0 Å². The summed E-state index contributed by atoms with van der Waals surface area (Å²) in [6.07, 6.45) is 1.62. The minimum atomic E-state index is -0.817. The van der Waals surface area contributed by atoms with Gasteiger partial charge in [0.2, 0.25) is 11.8 Å². The van der Waals surface area contributed by atoms with Crippen LogP contribution in [-0.2, 0) is 21.6 Å². The molecule has 9 nitrogen and oxygen atoms in total. The number of amides is 2. The zero-order valence-corrected chi connectivity index (χ0v) is 18.9. The zero-order chi connectivity index (χ0) is 23.4. The molecule has 2 N–H and O–H groups in total. The van der Waals surface area contributed by atoms with Gasteiger partial charge in [-0.05, 0) is 36.2 Å². The van der Waals surface area contributed by atoms with Crippen molar-refractivity contribution in [2.24, 2.45) is 0 Å². The molecule has 3 heterocycles. The molecule has 0 aliphatic carbocycles. The van der Waals surface area contributed by atoms with Gasteiger partial charge in [-0.1, -0.05) is 6.07 Å². The molecule has 2 amide bonds. The van der Waals surface area contributed by atoms with E-state index >= 15 is 0 Å². The standard InChI is InChI=1S/C23H21N5O4S/c1-23(12-24)13-32-10-16-4-3-15(7-17(16)23)21(30)26-9-19(29)28-22-27-18(11-33-22)14-5-6-25-20(8-14)31-2/h3-8,11H,9-10,13H2,1-2H3,(H,26,30)(H,27,28,29)/t23-/m1/s1. The Morgan fingerprint density at radius 3 is 2.97 bits per heavy atom. The lowest BCUT2D eigenvalue weighted by Crippen LogP contribution is -2.34. The molecule has 2 aromatic heterocycles. The van der Waals surface area contributed by atoms with Crippen LogP contribution in [0.2, 0.25) is 0 Å². The molecule has 33 heavy (non-hydrogen) atoms. The number of nitrogens with zero attached hydrogens (tertiary/aromatic N) is 3. The second-order valence-electron chi connectivity index (χ2n) is 7.66. The van der Waals surface area contributed by atoms with E-state index in [1.807, 2.05) is 5.38 Å². The fraction of sp³-hybridized carbons (Fsp3) is 0.261. The summed E-state index contributed by atoms with van der Waals surface area (Å²) in [6, 6.07) is 11.0. The molecule has 0 saturated carbocycles. The van der Waals surface area contributed by atoms with Crippen LogP contribution in [0.5, 0.6) is 5.88 Å². The smallest absolute Gasteiger partial charge is 0.251 e. The van der Waals surface area contributed by atoms with E-state index in [-0.39, 0.29) is 13.2 Å². The van der Waals surface area contributed by atoms with Gasteiger partial charge in [-0.15, -0.1) is 11.3 Å². The number of nitriles is 1. The van der Waals surface area contributed by atoms with Gasteiger partial charge in [0.1, 0.15) is 5.41 Å². The Morgan fingerprint density at radius 2 is 2.18 bits per heavy atom. The fourth-order valence-electron chi connectivity index (χ4n) is 3.46. The van der Waals surface area contributed by atoms with Gasteiger partial charge in [0, 0.05) is 28.8 Å². The molecule has 0 saturated heterocycles. The number of pyridine rings is 1. The first-order chi connectivity index (χ1) is 15.9. The number of methoxy groups -OCH3 is 1. The van der Waals surface area contributed by atoms with Gasteiger partial charge in [0.05, 0.1) is 38.6 Å². The van der Waals surface area contributed by atoms with E-state index in [0.717, 1.165) is 16.7 Å². The molecule has 168 valence electrons. The van der Waals surface area contributed by atoms with Crippen molar-refractivity contribution in [2.45, 2.75) is 18.9 Å². The first-order valence-corrected chi connectivity index (χ1v) is 11.0. The lowest BCUT2D eigenvalue weighted by Gasteiger charge is -2.30. The maximum absolute atomic E-state index is 12.6. The molecule has 4 rings (SSSR count). The molecule has 0 spiro atoms. The molecular weight excluding hydrogens is 442 g/mol. The van der Waals surface area contributed by atoms with E-state index in [1.165, 1.54) is 18.4 Å². The predicted octanol–water partition coefficient (Wildman–Crippen LogP) is 2.89. The fourth-order valence-corrected chi connectivity index (χ4v) is 4.20. The summed E-state index contributed by atoms with van der Waals surface area (Å²) in [7, 11) is 1.54. The molecule has 0 radical (unpaired) electrons. The lowest BCUT2D eigenvalue weighted by molar-refractivity contribution is -0.115. The second-order valence-corrected chi connectivity index (χ2v) is 8.52. The molecule has 0 bridgehead atoms. The Kier molecular flexibility index (Phi) is 6.35. The van der Waals surface area contributed by atoms with Crippen molar-refractivity contribution in [2.75, 3.05) is 25.6 Å². The Hall–Kier alpha value is -3.81. The van der Waals surface area contributed by atoms with Crippen LogP contribution < -0.4 is 15.4 Å². The first kappa shape index (κ1) is 22.4. The molecular formula is C23H21N5O4S. The number of ether oxygens (including phenoxy) is 2. The molecule has 1 aliphatic heterocycles. The Balaban J connectivity index is 1.37. The number of carbonyl (C=O) groups is 2. The van der Waals surface area contributed by atoms with Gasteiger partial charge in [-0.3, -0.25) is 9.59 Å². The summed E-state index contributed by atoms with van der Waals surface area (Å²) >= 11 is 1.28. The van der Waals surface area contributed by atoms with Crippen LogP contribution in [0.25, 0.3) is 11.3 Å². The minimum Gasteiger partial charge on any atom is -0.481 e. The normalized spacial score (nSPS) is 16.9. The third-order valence-electron chi connectivity index (χ3n) is 5.26. The second kappa shape index (κ2) is 9.36. The van der Waals surface area contributed by atoms with E-state index < -0.39 is 17.2 Å². The van der Waals surface area contributed by atoms with Crippen LogP contribution in [-0.4, -0.2) is 42.0 Å². The van der Waals surface area contributed by atoms with Gasteiger partial charge in [-0.25, -0.2) is 9.97 Å². The van der Waals surface area contributed by atoms with Gasteiger partial charge in [-0.2, -0.15) is 5.26 Å². The number of nitrogens with one attached hydrogen (secondary N) is 2. The number of aromatic nitrogens is 2. The summed E-state index contributed by atoms with van der Waals surface area (Å²) in [5, 5.41) is 17.1. The number of thiazole rings is 1. The van der Waals surface area contributed by atoms with Crippen LogP contribution >= 0.6 is 11.3 Å². The van der Waals surface area contributed by atoms with Crippen LogP contribution in [0.3, 0.4) is 0 Å². The first-order valence-electron chi connectivity index (χ1n) is 10.1. The molecule has 0 fully saturated rings. The van der Waals surface area contributed by atoms with Crippen molar-refractivity contribution in [1.29, 1.82) is 5.26 Å². The number of benzene rings is 1. The van der Waals surface area contributed by atoms with E-state index in [1.54, 1.807) is 43.5 Å². The molecule has 1 atom stereocenters. The average Bonchev–Trinajstić information content (AvgIpc) is 3.31. The van der Waals surface area contributed by atoms with Crippen molar-refractivity contribution in [3.8, 4) is 23.2 Å². The van der Waals surface area contributed by atoms with E-state index in [9.17, 15) is 14.9 Å². The SMILES string of the molecule is COc1cc(-c2csc(NC(=O)CNC(=O)c3ccc4c(c3)[C@](C)(C#N)COC4)n2)ccn1. The van der Waals surface area contributed by atoms with Crippen LogP contribution in [0.4, 0.5) is 5.13 Å². The number of anilines is 1. The van der Waals surface area contributed by atoms with Crippen LogP contribution in [0, 0.1) is 11.3 Å². The zero-order valence-electron chi connectivity index (χ0n) is 18.0. The number of rotatable bonds is 6. The molecule has 10 heteroatoms. The number of carbonyl (C=O) groups excluding carboxylic acids is 2. The highest BCUT2D eigenvalue weighted by Crippen LogP contribution is 2.32. The highest BCUT2D eigenvalue weighted by atomic mass is 32.1. The monoisotopic (exact) mass is 463 g/mol. The third-order valence-corrected chi connectivity index (χ3v) is 6.02. The molecule has 1 aromatic carbocycles. The van der Waals surface area contributed by atoms with E-state index in [2.05, 4.69) is 26.7 Å². The maximum atomic E-state index is 12.6. The van der Waals surface area contributed by atoms with Crippen molar-refractivity contribution in [1.82, 2.24) is 15.3 Å². The van der Waals surface area contributed by atoms with Crippen LogP contribution in [0.1, 0.15) is 28.4 Å². The summed E-state index contributed by atoms with van der Waals surface area (Å²) in [5.41, 5.74) is 2.71. The average molecular weight is 464 g/mol. The molecule has 1 aliphatic rings. The molecule has 3 aromatic rings. The Labute approximate surface area is 194 Å². The van der Waals surface area contributed by atoms with Crippen molar-refractivity contribution >= 4 is 28.3 Å². The highest BCUT2D eigenvalue weighted by molar-refractivity contribution is 7.14. The molecule has 0 unspecified atom stereocenters. The Bertz CT molecular complexity index is 1250. The largest absolute Gasteiger partial charge is 0.481 e. The highest BCUT2D eigenvalue weighted by Gasteiger charge is 2.33. The summed E-state index contributed by atoms with van der Waals surface area (Å²) < 4.78 is 10.6. The quantitative estimate of drug-likeness (QED) is 0.576. The number of hydrogen-bond acceptors (Lipinski definition) is 8. The maximum Gasteiger partial charge on any atom is 0.251 e. The summed E-state index contributed by atoms with van der Waals surface area (Å²) in [6.45, 7) is 2.24. The third kappa shape index (κ3) is 4.84. The van der Waals surface area contributed by atoms with Gasteiger partial charge in [0.15, 0.2) is 5.13 Å². The lowest BCUT2D eigenvalue weighted by atomic mass is 9.79. The topological polar surface area (TPSA) is 126 Å². The van der Waals surface area contributed by atoms with Gasteiger partial charge >= 0.3 is 0 Å². The van der Waals surface area contributed by atoms with Crippen molar-refractivity contribution < 1.29 is 19.1 Å². The Morgan fingerprint density at radius 1 is 1.33 bits per heavy atom. The summed E-state index contributed by atoms with van der Waals surface area (Å²) in [5.74, 6) is -0.327. The van der Waals surface area contributed by atoms with Crippen LogP contribution in [0.15, 0.2) is 41.9 Å². The van der Waals surface area contributed by atoms with Crippen molar-refractivity contribution in [3.05, 3.63) is 58.6 Å². The number of hydrogen-bond donors (Lipinski definition) is 2. The van der Waals surface area contributed by atoms with E-state index in [0.29, 0.717) is 28.9 Å². The summed E-state index contributed by atoms with van der Waals surface area (Å²) in [4.78, 5) is 33.4. The van der Waals surface area contributed by atoms with E-state index in [4.69, 9.17) is 9.47 Å². The van der Waals surface area contributed by atoms with Gasteiger partial charge < -0.3 is 20.1 Å². The minimum absolute atomic E-state index is 0.216. The number of fused-ring (bicyclic) bond motifs is 1. The predicted molar refractivity (Wildman–Crippen MR) is 122 cm³/mol.